The monoisotopic (exact) mass is 233 g/mol. The van der Waals surface area contributed by atoms with E-state index in [1.807, 2.05) is 6.92 Å². The average molecular weight is 234 g/mol. The quantitative estimate of drug-likeness (QED) is 0.628. The summed E-state index contributed by atoms with van der Waals surface area (Å²) in [6.45, 7) is 3.28. The van der Waals surface area contributed by atoms with Crippen molar-refractivity contribution in [2.24, 2.45) is 0 Å². The molecule has 1 aromatic carbocycles. The molecule has 0 spiro atoms. The Kier molecular flexibility index (Phi) is 4.65. The van der Waals surface area contributed by atoms with E-state index in [1.54, 1.807) is 0 Å². The Balaban J connectivity index is 2.57. The molecule has 0 aliphatic heterocycles. The van der Waals surface area contributed by atoms with Crippen LogP contribution in [0.2, 0.25) is 5.02 Å². The van der Waals surface area contributed by atoms with Crippen LogP contribution in [0.5, 0.6) is 5.75 Å². The molecule has 84 valence electrons. The third-order valence-electron chi connectivity index (χ3n) is 1.74. The Hall–Kier alpha value is -1.00. The first kappa shape index (κ1) is 12.1. The van der Waals surface area contributed by atoms with Gasteiger partial charge in [0.05, 0.1) is 17.3 Å². The maximum absolute atomic E-state index is 13.0. The van der Waals surface area contributed by atoms with Gasteiger partial charge in [-0.1, -0.05) is 11.6 Å². The SMILES string of the molecule is CCOCCOc1cc(F)c(Cl)cc1N. The van der Waals surface area contributed by atoms with Crippen molar-refractivity contribution in [3.63, 3.8) is 0 Å². The van der Waals surface area contributed by atoms with Gasteiger partial charge >= 0.3 is 0 Å². The van der Waals surface area contributed by atoms with Crippen molar-refractivity contribution in [3.8, 4) is 5.75 Å². The van der Waals surface area contributed by atoms with Crippen molar-refractivity contribution in [1.82, 2.24) is 0 Å². The van der Waals surface area contributed by atoms with Crippen LogP contribution in [0.3, 0.4) is 0 Å². The van der Waals surface area contributed by atoms with Crippen LogP contribution < -0.4 is 10.5 Å². The topological polar surface area (TPSA) is 44.5 Å². The summed E-state index contributed by atoms with van der Waals surface area (Å²) in [6, 6.07) is 2.50. The van der Waals surface area contributed by atoms with Gasteiger partial charge in [-0.05, 0) is 13.0 Å². The van der Waals surface area contributed by atoms with Crippen LogP contribution in [-0.4, -0.2) is 19.8 Å². The summed E-state index contributed by atoms with van der Waals surface area (Å²) in [6.07, 6.45) is 0. The normalized spacial score (nSPS) is 10.3. The lowest BCUT2D eigenvalue weighted by atomic mass is 10.3. The van der Waals surface area contributed by atoms with Crippen molar-refractivity contribution >= 4 is 17.3 Å². The van der Waals surface area contributed by atoms with E-state index in [0.717, 1.165) is 0 Å². The molecule has 0 saturated heterocycles. The van der Waals surface area contributed by atoms with Crippen molar-refractivity contribution in [2.45, 2.75) is 6.92 Å². The highest BCUT2D eigenvalue weighted by Gasteiger charge is 2.06. The summed E-state index contributed by atoms with van der Waals surface area (Å²) in [4.78, 5) is 0. The smallest absolute Gasteiger partial charge is 0.145 e. The zero-order chi connectivity index (χ0) is 11.3. The van der Waals surface area contributed by atoms with Gasteiger partial charge < -0.3 is 15.2 Å². The van der Waals surface area contributed by atoms with E-state index in [4.69, 9.17) is 26.8 Å². The molecule has 0 unspecified atom stereocenters. The number of ether oxygens (including phenoxy) is 2. The zero-order valence-electron chi connectivity index (χ0n) is 8.43. The molecular formula is C10H13ClFNO2. The van der Waals surface area contributed by atoms with E-state index in [0.29, 0.717) is 25.5 Å². The van der Waals surface area contributed by atoms with Crippen LogP contribution in [0.25, 0.3) is 0 Å². The lowest BCUT2D eigenvalue weighted by molar-refractivity contribution is 0.110. The fourth-order valence-electron chi connectivity index (χ4n) is 1.02. The van der Waals surface area contributed by atoms with E-state index in [2.05, 4.69) is 0 Å². The second-order valence-corrected chi connectivity index (χ2v) is 3.26. The van der Waals surface area contributed by atoms with Crippen LogP contribution in [0, 0.1) is 5.82 Å². The Morgan fingerprint density at radius 1 is 1.40 bits per heavy atom. The molecule has 1 aromatic rings. The molecule has 0 amide bonds. The summed E-state index contributed by atoms with van der Waals surface area (Å²) in [5, 5.41) is -0.00958. The maximum Gasteiger partial charge on any atom is 0.145 e. The molecule has 0 radical (unpaired) electrons. The minimum atomic E-state index is -0.544. The van der Waals surface area contributed by atoms with Crippen LogP contribution in [0.1, 0.15) is 6.92 Å². The summed E-state index contributed by atoms with van der Waals surface area (Å²) < 4.78 is 23.3. The Labute approximate surface area is 92.9 Å². The summed E-state index contributed by atoms with van der Waals surface area (Å²) in [5.41, 5.74) is 5.91. The highest BCUT2D eigenvalue weighted by molar-refractivity contribution is 6.31. The van der Waals surface area contributed by atoms with Gasteiger partial charge in [-0.2, -0.15) is 0 Å². The maximum atomic E-state index is 13.0. The van der Waals surface area contributed by atoms with Crippen LogP contribution in [0.15, 0.2) is 12.1 Å². The number of benzene rings is 1. The summed E-state index contributed by atoms with van der Waals surface area (Å²) in [7, 11) is 0. The van der Waals surface area contributed by atoms with E-state index in [-0.39, 0.29) is 10.8 Å². The molecular weight excluding hydrogens is 221 g/mol. The first-order valence-electron chi connectivity index (χ1n) is 4.60. The zero-order valence-corrected chi connectivity index (χ0v) is 9.18. The Morgan fingerprint density at radius 2 is 2.13 bits per heavy atom. The van der Waals surface area contributed by atoms with Crippen LogP contribution in [0.4, 0.5) is 10.1 Å². The fraction of sp³-hybridized carbons (Fsp3) is 0.400. The van der Waals surface area contributed by atoms with Crippen LogP contribution >= 0.6 is 11.6 Å². The number of nitrogens with two attached hydrogens (primary N) is 1. The van der Waals surface area contributed by atoms with E-state index < -0.39 is 5.82 Å². The molecule has 0 aliphatic carbocycles. The largest absolute Gasteiger partial charge is 0.489 e. The average Bonchev–Trinajstić information content (AvgIpc) is 2.20. The molecule has 0 aromatic heterocycles. The first-order valence-corrected chi connectivity index (χ1v) is 4.98. The lowest BCUT2D eigenvalue weighted by Gasteiger charge is -2.09. The third kappa shape index (κ3) is 3.57. The van der Waals surface area contributed by atoms with Crippen molar-refractivity contribution in [1.29, 1.82) is 0 Å². The summed E-state index contributed by atoms with van der Waals surface area (Å²) >= 11 is 5.53. The van der Waals surface area contributed by atoms with Crippen molar-refractivity contribution < 1.29 is 13.9 Å². The molecule has 0 fully saturated rings. The van der Waals surface area contributed by atoms with Gasteiger partial charge in [0.2, 0.25) is 0 Å². The minimum absolute atomic E-state index is 0.00958. The molecule has 15 heavy (non-hydrogen) atoms. The summed E-state index contributed by atoms with van der Waals surface area (Å²) in [5.74, 6) is -0.256. The molecule has 0 aliphatic rings. The fourth-order valence-corrected chi connectivity index (χ4v) is 1.20. The van der Waals surface area contributed by atoms with Crippen LogP contribution in [-0.2, 0) is 4.74 Å². The standard InChI is InChI=1S/C10H13ClFNO2/c1-2-14-3-4-15-10-6-8(12)7(11)5-9(10)13/h5-6H,2-4,13H2,1H3. The van der Waals surface area contributed by atoms with Gasteiger partial charge in [-0.25, -0.2) is 4.39 Å². The lowest BCUT2D eigenvalue weighted by Crippen LogP contribution is -2.07. The van der Waals surface area contributed by atoms with Gasteiger partial charge in [0.15, 0.2) is 0 Å². The first-order chi connectivity index (χ1) is 7.15. The number of halogens is 2. The number of hydrogen-bond acceptors (Lipinski definition) is 3. The number of nitrogen functional groups attached to an aromatic ring is 1. The number of hydrogen-bond donors (Lipinski definition) is 1. The van der Waals surface area contributed by atoms with E-state index in [1.165, 1.54) is 12.1 Å². The van der Waals surface area contributed by atoms with E-state index >= 15 is 0 Å². The molecule has 0 heterocycles. The Morgan fingerprint density at radius 3 is 2.80 bits per heavy atom. The third-order valence-corrected chi connectivity index (χ3v) is 2.03. The second-order valence-electron chi connectivity index (χ2n) is 2.85. The Bertz CT molecular complexity index is 333. The molecule has 1 rings (SSSR count). The second kappa shape index (κ2) is 5.78. The predicted octanol–water partition coefficient (Wildman–Crippen LogP) is 2.48. The van der Waals surface area contributed by atoms with Gasteiger partial charge in [0.1, 0.15) is 18.2 Å². The molecule has 0 bridgehead atoms. The molecule has 0 saturated carbocycles. The molecule has 0 atom stereocenters. The van der Waals surface area contributed by atoms with Gasteiger partial charge in [0, 0.05) is 12.7 Å². The predicted molar refractivity (Wildman–Crippen MR) is 57.8 cm³/mol. The molecule has 2 N–H and O–H groups in total. The highest BCUT2D eigenvalue weighted by Crippen LogP contribution is 2.27. The van der Waals surface area contributed by atoms with Crippen molar-refractivity contribution in [3.05, 3.63) is 23.0 Å². The number of rotatable bonds is 5. The van der Waals surface area contributed by atoms with Gasteiger partial charge in [0.25, 0.3) is 0 Å². The molecule has 5 heteroatoms. The van der Waals surface area contributed by atoms with Crippen molar-refractivity contribution in [2.75, 3.05) is 25.6 Å². The van der Waals surface area contributed by atoms with Gasteiger partial charge in [-0.3, -0.25) is 0 Å². The minimum Gasteiger partial charge on any atom is -0.489 e. The number of anilines is 1. The van der Waals surface area contributed by atoms with Gasteiger partial charge in [-0.15, -0.1) is 0 Å². The van der Waals surface area contributed by atoms with E-state index in [9.17, 15) is 4.39 Å². The molecule has 3 nitrogen and oxygen atoms in total. The highest BCUT2D eigenvalue weighted by atomic mass is 35.5.